The third-order valence-corrected chi connectivity index (χ3v) is 7.99. The van der Waals surface area contributed by atoms with Crippen molar-refractivity contribution in [2.24, 2.45) is 5.73 Å². The lowest BCUT2D eigenvalue weighted by Crippen LogP contribution is -2.14. The molecule has 0 aliphatic heterocycles. The maximum atomic E-state index is 13.3. The average molecular weight is 554 g/mol. The van der Waals surface area contributed by atoms with Crippen LogP contribution in [-0.2, 0) is 10.0 Å². The Kier molecular flexibility index (Phi) is 7.10. The van der Waals surface area contributed by atoms with E-state index in [0.717, 1.165) is 16.3 Å². The van der Waals surface area contributed by atoms with Crippen LogP contribution in [0.3, 0.4) is 0 Å². The number of aryl methyl sites for hydroxylation is 2. The smallest absolute Gasteiger partial charge is 0.262 e. The predicted octanol–water partition coefficient (Wildman–Crippen LogP) is 5.57. The highest BCUT2D eigenvalue weighted by Crippen LogP contribution is 2.34. The van der Waals surface area contributed by atoms with Crippen molar-refractivity contribution in [3.05, 3.63) is 102 Å². The first-order valence-electron chi connectivity index (χ1n) is 12.4. The van der Waals surface area contributed by atoms with Gasteiger partial charge in [-0.05, 0) is 55.8 Å². The van der Waals surface area contributed by atoms with Crippen molar-refractivity contribution >= 4 is 43.9 Å². The SMILES string of the molecule is COc1ccc(Nc2nnc(-c3ccc(C)c(S(=O)(=O)Nc4ccc(C)cc4)c3)c3ccccc23)cc1C(N)=O. The molecular formula is C30H27N5O4S. The molecule has 0 saturated carbocycles. The second-order valence-corrected chi connectivity index (χ2v) is 10.9. The number of aromatic nitrogens is 2. The van der Waals surface area contributed by atoms with Crippen LogP contribution in [0.5, 0.6) is 5.75 Å². The number of rotatable bonds is 8. The Hall–Kier alpha value is -4.96. The van der Waals surface area contributed by atoms with Gasteiger partial charge in [-0.3, -0.25) is 9.52 Å². The minimum absolute atomic E-state index is 0.149. The molecule has 1 amide bonds. The molecule has 1 aromatic heterocycles. The fraction of sp³-hybridized carbons (Fsp3) is 0.100. The molecule has 0 fully saturated rings. The fourth-order valence-corrected chi connectivity index (χ4v) is 5.72. The molecule has 5 aromatic rings. The van der Waals surface area contributed by atoms with Crippen LogP contribution in [0.25, 0.3) is 22.0 Å². The largest absolute Gasteiger partial charge is 0.496 e. The molecule has 1 heterocycles. The van der Waals surface area contributed by atoms with Gasteiger partial charge in [0.1, 0.15) is 11.4 Å². The topological polar surface area (TPSA) is 136 Å². The second-order valence-electron chi connectivity index (χ2n) is 9.30. The van der Waals surface area contributed by atoms with Gasteiger partial charge in [0.05, 0.1) is 17.6 Å². The Morgan fingerprint density at radius 2 is 1.55 bits per heavy atom. The molecule has 0 atom stereocenters. The molecule has 202 valence electrons. The Balaban J connectivity index is 1.54. The lowest BCUT2D eigenvalue weighted by atomic mass is 10.0. The molecule has 0 unspecified atom stereocenters. The maximum absolute atomic E-state index is 13.3. The molecule has 0 spiro atoms. The number of nitrogens with two attached hydrogens (primary N) is 1. The highest BCUT2D eigenvalue weighted by atomic mass is 32.2. The van der Waals surface area contributed by atoms with E-state index in [4.69, 9.17) is 10.5 Å². The number of carbonyl (C=O) groups excluding carboxylic acids is 1. The number of anilines is 3. The number of primary amides is 1. The van der Waals surface area contributed by atoms with Crippen molar-refractivity contribution in [2.75, 3.05) is 17.1 Å². The van der Waals surface area contributed by atoms with E-state index in [1.807, 2.05) is 49.4 Å². The lowest BCUT2D eigenvalue weighted by molar-refractivity contribution is 0.0997. The molecule has 0 aliphatic carbocycles. The van der Waals surface area contributed by atoms with Gasteiger partial charge >= 0.3 is 0 Å². The first-order chi connectivity index (χ1) is 19.2. The zero-order valence-corrected chi connectivity index (χ0v) is 22.9. The third-order valence-electron chi connectivity index (χ3n) is 6.47. The number of fused-ring (bicyclic) bond motifs is 1. The summed E-state index contributed by atoms with van der Waals surface area (Å²) in [5.41, 5.74) is 9.56. The molecule has 10 heteroatoms. The second kappa shape index (κ2) is 10.7. The number of ether oxygens (including phenoxy) is 1. The molecule has 40 heavy (non-hydrogen) atoms. The number of nitrogens with zero attached hydrogens (tertiary/aromatic N) is 2. The highest BCUT2D eigenvalue weighted by molar-refractivity contribution is 7.92. The van der Waals surface area contributed by atoms with E-state index in [-0.39, 0.29) is 10.5 Å². The van der Waals surface area contributed by atoms with Gasteiger partial charge in [-0.1, -0.05) is 54.1 Å². The van der Waals surface area contributed by atoms with Gasteiger partial charge < -0.3 is 15.8 Å². The zero-order chi connectivity index (χ0) is 28.4. The average Bonchev–Trinajstić information content (AvgIpc) is 2.94. The summed E-state index contributed by atoms with van der Waals surface area (Å²) >= 11 is 0. The first kappa shape index (κ1) is 26.6. The van der Waals surface area contributed by atoms with Crippen LogP contribution < -0.4 is 20.5 Å². The number of nitrogens with one attached hydrogen (secondary N) is 2. The number of methoxy groups -OCH3 is 1. The predicted molar refractivity (Wildman–Crippen MR) is 156 cm³/mol. The molecule has 5 rings (SSSR count). The summed E-state index contributed by atoms with van der Waals surface area (Å²) in [6.45, 7) is 3.69. The number of benzene rings is 4. The van der Waals surface area contributed by atoms with Crippen LogP contribution >= 0.6 is 0 Å². The van der Waals surface area contributed by atoms with Crippen LogP contribution in [-0.4, -0.2) is 31.6 Å². The van der Waals surface area contributed by atoms with Gasteiger partial charge in [-0.15, -0.1) is 10.2 Å². The van der Waals surface area contributed by atoms with Crippen LogP contribution in [0.2, 0.25) is 0 Å². The third kappa shape index (κ3) is 5.29. The Morgan fingerprint density at radius 3 is 2.25 bits per heavy atom. The van der Waals surface area contributed by atoms with E-state index in [1.54, 1.807) is 49.4 Å². The van der Waals surface area contributed by atoms with Gasteiger partial charge in [0, 0.05) is 27.7 Å². The summed E-state index contributed by atoms with van der Waals surface area (Å²) in [6, 6.07) is 24.8. The van der Waals surface area contributed by atoms with E-state index >= 15 is 0 Å². The maximum Gasteiger partial charge on any atom is 0.262 e. The van der Waals surface area contributed by atoms with Gasteiger partial charge in [-0.25, -0.2) is 8.42 Å². The highest BCUT2D eigenvalue weighted by Gasteiger charge is 2.20. The van der Waals surface area contributed by atoms with Crippen molar-refractivity contribution < 1.29 is 17.9 Å². The van der Waals surface area contributed by atoms with Gasteiger partial charge in [0.2, 0.25) is 0 Å². The van der Waals surface area contributed by atoms with Crippen LogP contribution in [0.1, 0.15) is 21.5 Å². The van der Waals surface area contributed by atoms with Gasteiger partial charge in [0.25, 0.3) is 15.9 Å². The number of hydrogen-bond acceptors (Lipinski definition) is 7. The lowest BCUT2D eigenvalue weighted by Gasteiger charge is -2.14. The van der Waals surface area contributed by atoms with E-state index in [1.165, 1.54) is 7.11 Å². The molecule has 4 N–H and O–H groups in total. The molecule has 0 aliphatic rings. The molecule has 0 radical (unpaired) electrons. The van der Waals surface area contributed by atoms with Crippen LogP contribution in [0.15, 0.2) is 89.8 Å². The molecule has 0 bridgehead atoms. The summed E-state index contributed by atoms with van der Waals surface area (Å²) in [5.74, 6) is 0.209. The van der Waals surface area contributed by atoms with Crippen molar-refractivity contribution in [1.29, 1.82) is 0 Å². The van der Waals surface area contributed by atoms with Crippen molar-refractivity contribution in [2.45, 2.75) is 18.7 Å². The van der Waals surface area contributed by atoms with E-state index < -0.39 is 15.9 Å². The molecular weight excluding hydrogens is 526 g/mol. The number of carbonyl (C=O) groups is 1. The summed E-state index contributed by atoms with van der Waals surface area (Å²) in [7, 11) is -2.40. The number of amides is 1. The van der Waals surface area contributed by atoms with E-state index in [0.29, 0.717) is 39.8 Å². The zero-order valence-electron chi connectivity index (χ0n) is 22.1. The molecule has 4 aromatic carbocycles. The molecule has 9 nitrogen and oxygen atoms in total. The Morgan fingerprint density at radius 1 is 0.850 bits per heavy atom. The summed E-state index contributed by atoms with van der Waals surface area (Å²) in [5, 5.41) is 13.6. The van der Waals surface area contributed by atoms with Crippen molar-refractivity contribution in [3.63, 3.8) is 0 Å². The van der Waals surface area contributed by atoms with E-state index in [9.17, 15) is 13.2 Å². The van der Waals surface area contributed by atoms with Crippen molar-refractivity contribution in [3.8, 4) is 17.0 Å². The van der Waals surface area contributed by atoms with Crippen LogP contribution in [0, 0.1) is 13.8 Å². The van der Waals surface area contributed by atoms with Crippen molar-refractivity contribution in [1.82, 2.24) is 10.2 Å². The van der Waals surface area contributed by atoms with E-state index in [2.05, 4.69) is 20.2 Å². The fourth-order valence-electron chi connectivity index (χ4n) is 4.39. The Bertz CT molecular complexity index is 1860. The molecule has 0 saturated heterocycles. The standard InChI is InChI=1S/C30H27N5O4S/c1-18-8-12-21(13-9-18)35-40(37,38)27-16-20(11-10-19(27)2)28-23-6-4-5-7-24(23)30(34-33-28)32-22-14-15-26(39-3)25(17-22)29(31)36/h4-17,35H,1-3H3,(H2,31,36)(H,32,34). The quantitative estimate of drug-likeness (QED) is 0.229. The normalized spacial score (nSPS) is 11.3. The van der Waals surface area contributed by atoms with Gasteiger partial charge in [0.15, 0.2) is 5.82 Å². The minimum atomic E-state index is -3.86. The minimum Gasteiger partial charge on any atom is -0.496 e. The summed E-state index contributed by atoms with van der Waals surface area (Å²) in [4.78, 5) is 12.0. The summed E-state index contributed by atoms with van der Waals surface area (Å²) < 4.78 is 34.6. The number of sulfonamides is 1. The monoisotopic (exact) mass is 553 g/mol. The Labute approximate surface area is 232 Å². The first-order valence-corrected chi connectivity index (χ1v) is 13.9. The van der Waals surface area contributed by atoms with Gasteiger partial charge in [-0.2, -0.15) is 0 Å². The van der Waals surface area contributed by atoms with Crippen LogP contribution in [0.4, 0.5) is 17.2 Å². The summed E-state index contributed by atoms with van der Waals surface area (Å²) in [6.07, 6.45) is 0. The number of hydrogen-bond donors (Lipinski definition) is 3.